The number of rotatable bonds is 7. The second kappa shape index (κ2) is 9.03. The molecule has 0 radical (unpaired) electrons. The molecular formula is C18H20ClNO4. The molecule has 2 aromatic carbocycles. The average molecular weight is 350 g/mol. The Kier molecular flexibility index (Phi) is 6.75. The second-order valence-electron chi connectivity index (χ2n) is 5.00. The molecule has 5 nitrogen and oxygen atoms in total. The van der Waals surface area contributed by atoms with Crippen LogP contribution in [0.25, 0.3) is 0 Å². The number of carbonyl (C=O) groups excluding carboxylic acids is 1. The Morgan fingerprint density at radius 1 is 1.08 bits per heavy atom. The Morgan fingerprint density at radius 3 is 2.46 bits per heavy atom. The van der Waals surface area contributed by atoms with Gasteiger partial charge in [-0.3, -0.25) is 0 Å². The van der Waals surface area contributed by atoms with Crippen molar-refractivity contribution in [2.45, 2.75) is 6.92 Å². The monoisotopic (exact) mass is 349 g/mol. The van der Waals surface area contributed by atoms with E-state index >= 15 is 0 Å². The van der Waals surface area contributed by atoms with Crippen LogP contribution in [-0.2, 0) is 4.74 Å². The van der Waals surface area contributed by atoms with Crippen LogP contribution in [0.1, 0.15) is 6.92 Å². The highest BCUT2D eigenvalue weighted by Gasteiger charge is 2.08. The number of likely N-dealkylation sites (N-methyl/N-ethyl adjacent to an activating group) is 1. The van der Waals surface area contributed by atoms with Gasteiger partial charge < -0.3 is 19.1 Å². The van der Waals surface area contributed by atoms with Crippen LogP contribution in [0.5, 0.6) is 17.2 Å². The van der Waals surface area contributed by atoms with E-state index < -0.39 is 0 Å². The summed E-state index contributed by atoms with van der Waals surface area (Å²) in [5, 5.41) is 0.623. The molecule has 0 heterocycles. The number of carbonyl (C=O) groups is 1. The maximum Gasteiger partial charge on any atom is 0.409 e. The van der Waals surface area contributed by atoms with Gasteiger partial charge in [0.05, 0.1) is 13.2 Å². The lowest BCUT2D eigenvalue weighted by molar-refractivity contribution is 0.110. The third-order valence-electron chi connectivity index (χ3n) is 3.13. The molecule has 0 saturated carbocycles. The van der Waals surface area contributed by atoms with Gasteiger partial charge in [0.2, 0.25) is 0 Å². The number of hydrogen-bond donors (Lipinski definition) is 0. The number of nitrogens with zero attached hydrogens (tertiary/aromatic N) is 1. The molecule has 1 amide bonds. The van der Waals surface area contributed by atoms with Gasteiger partial charge in [-0.25, -0.2) is 4.79 Å². The number of halogens is 1. The third kappa shape index (κ3) is 5.66. The molecule has 128 valence electrons. The predicted octanol–water partition coefficient (Wildman–Crippen LogP) is 4.60. The van der Waals surface area contributed by atoms with Crippen molar-refractivity contribution in [2.24, 2.45) is 0 Å². The highest BCUT2D eigenvalue weighted by Crippen LogP contribution is 2.25. The molecule has 0 unspecified atom stereocenters. The first kappa shape index (κ1) is 17.9. The molecule has 0 fully saturated rings. The van der Waals surface area contributed by atoms with Gasteiger partial charge in [0.1, 0.15) is 23.9 Å². The summed E-state index contributed by atoms with van der Waals surface area (Å²) in [6.07, 6.45) is -0.355. The maximum absolute atomic E-state index is 11.4. The van der Waals surface area contributed by atoms with E-state index in [4.69, 9.17) is 25.8 Å². The van der Waals surface area contributed by atoms with Crippen LogP contribution in [0.2, 0.25) is 5.02 Å². The summed E-state index contributed by atoms with van der Waals surface area (Å²) < 4.78 is 16.2. The lowest BCUT2D eigenvalue weighted by atomic mass is 10.3. The Balaban J connectivity index is 1.81. The minimum absolute atomic E-state index is 0.355. The quantitative estimate of drug-likeness (QED) is 0.733. The van der Waals surface area contributed by atoms with Gasteiger partial charge >= 0.3 is 6.09 Å². The zero-order valence-electron chi connectivity index (χ0n) is 13.7. The molecule has 0 aliphatic rings. The van der Waals surface area contributed by atoms with Crippen molar-refractivity contribution in [1.82, 2.24) is 4.90 Å². The third-order valence-corrected chi connectivity index (χ3v) is 3.37. The molecule has 0 aromatic heterocycles. The van der Waals surface area contributed by atoms with Gasteiger partial charge in [0, 0.05) is 12.1 Å². The van der Waals surface area contributed by atoms with E-state index in [1.807, 2.05) is 36.4 Å². The summed E-state index contributed by atoms with van der Waals surface area (Å²) in [5.74, 6) is 2.06. The summed E-state index contributed by atoms with van der Waals surface area (Å²) in [6.45, 7) is 2.96. The normalized spacial score (nSPS) is 10.1. The molecule has 0 bridgehead atoms. The highest BCUT2D eigenvalue weighted by atomic mass is 35.5. The van der Waals surface area contributed by atoms with Gasteiger partial charge in [-0.1, -0.05) is 17.7 Å². The minimum atomic E-state index is -0.355. The fraction of sp³-hybridized carbons (Fsp3) is 0.278. The Bertz CT molecular complexity index is 660. The lowest BCUT2D eigenvalue weighted by Gasteiger charge is -2.16. The van der Waals surface area contributed by atoms with Crippen LogP contribution >= 0.6 is 11.6 Å². The minimum Gasteiger partial charge on any atom is -0.492 e. The van der Waals surface area contributed by atoms with E-state index in [-0.39, 0.29) is 6.09 Å². The standard InChI is InChI=1S/C18H20ClNO4/c1-3-22-18(21)20(2)11-12-23-15-7-9-16(10-8-15)24-17-6-4-5-14(19)13-17/h4-10,13H,3,11-12H2,1-2H3. The van der Waals surface area contributed by atoms with E-state index in [9.17, 15) is 4.79 Å². The average Bonchev–Trinajstić information content (AvgIpc) is 2.56. The fourth-order valence-corrected chi connectivity index (χ4v) is 2.08. The van der Waals surface area contributed by atoms with E-state index in [0.29, 0.717) is 42.0 Å². The summed E-state index contributed by atoms with van der Waals surface area (Å²) in [6, 6.07) is 14.4. The molecule has 0 aliphatic heterocycles. The van der Waals surface area contributed by atoms with Gasteiger partial charge in [-0.15, -0.1) is 0 Å². The van der Waals surface area contributed by atoms with Crippen LogP contribution in [0.4, 0.5) is 4.79 Å². The Morgan fingerprint density at radius 2 is 1.79 bits per heavy atom. The maximum atomic E-state index is 11.4. The summed E-state index contributed by atoms with van der Waals surface area (Å²) >= 11 is 5.92. The molecule has 24 heavy (non-hydrogen) atoms. The van der Waals surface area contributed by atoms with Crippen LogP contribution in [0.3, 0.4) is 0 Å². The van der Waals surface area contributed by atoms with Gasteiger partial charge in [0.25, 0.3) is 0 Å². The summed E-state index contributed by atoms with van der Waals surface area (Å²) in [5.41, 5.74) is 0. The fourth-order valence-electron chi connectivity index (χ4n) is 1.90. The summed E-state index contributed by atoms with van der Waals surface area (Å²) in [7, 11) is 1.67. The Hall–Kier alpha value is -2.40. The van der Waals surface area contributed by atoms with Crippen LogP contribution in [-0.4, -0.2) is 37.8 Å². The molecule has 2 rings (SSSR count). The van der Waals surface area contributed by atoms with Crippen LogP contribution < -0.4 is 9.47 Å². The zero-order chi connectivity index (χ0) is 17.4. The first-order valence-corrected chi connectivity index (χ1v) is 8.00. The van der Waals surface area contributed by atoms with Crippen molar-refractivity contribution in [2.75, 3.05) is 26.8 Å². The SMILES string of the molecule is CCOC(=O)N(C)CCOc1ccc(Oc2cccc(Cl)c2)cc1. The molecule has 6 heteroatoms. The van der Waals surface area contributed by atoms with Crippen molar-refractivity contribution in [1.29, 1.82) is 0 Å². The molecule has 0 N–H and O–H groups in total. The number of ether oxygens (including phenoxy) is 3. The van der Waals surface area contributed by atoms with Gasteiger partial charge in [-0.2, -0.15) is 0 Å². The van der Waals surface area contributed by atoms with Crippen molar-refractivity contribution in [3.8, 4) is 17.2 Å². The van der Waals surface area contributed by atoms with Gasteiger partial charge in [-0.05, 0) is 49.4 Å². The lowest BCUT2D eigenvalue weighted by Crippen LogP contribution is -2.31. The number of amides is 1. The van der Waals surface area contributed by atoms with E-state index in [1.165, 1.54) is 4.90 Å². The molecule has 0 atom stereocenters. The zero-order valence-corrected chi connectivity index (χ0v) is 14.5. The van der Waals surface area contributed by atoms with Crippen LogP contribution in [0, 0.1) is 0 Å². The topological polar surface area (TPSA) is 48.0 Å². The van der Waals surface area contributed by atoms with Gasteiger partial charge in [0.15, 0.2) is 0 Å². The van der Waals surface area contributed by atoms with E-state index in [1.54, 1.807) is 26.1 Å². The van der Waals surface area contributed by atoms with Crippen LogP contribution in [0.15, 0.2) is 48.5 Å². The highest BCUT2D eigenvalue weighted by molar-refractivity contribution is 6.30. The van der Waals surface area contributed by atoms with E-state index in [2.05, 4.69) is 0 Å². The first-order chi connectivity index (χ1) is 11.6. The first-order valence-electron chi connectivity index (χ1n) is 7.62. The van der Waals surface area contributed by atoms with Crippen molar-refractivity contribution >= 4 is 17.7 Å². The largest absolute Gasteiger partial charge is 0.492 e. The predicted molar refractivity (Wildman–Crippen MR) is 93.1 cm³/mol. The molecule has 0 spiro atoms. The molecular weight excluding hydrogens is 330 g/mol. The van der Waals surface area contributed by atoms with Crippen molar-refractivity contribution < 1.29 is 19.0 Å². The molecule has 0 aliphatic carbocycles. The molecule has 0 saturated heterocycles. The number of hydrogen-bond acceptors (Lipinski definition) is 4. The smallest absolute Gasteiger partial charge is 0.409 e. The van der Waals surface area contributed by atoms with Crippen molar-refractivity contribution in [3.63, 3.8) is 0 Å². The summed E-state index contributed by atoms with van der Waals surface area (Å²) in [4.78, 5) is 12.9. The second-order valence-corrected chi connectivity index (χ2v) is 5.44. The number of benzene rings is 2. The van der Waals surface area contributed by atoms with E-state index in [0.717, 1.165) is 0 Å². The van der Waals surface area contributed by atoms with Crippen molar-refractivity contribution in [3.05, 3.63) is 53.6 Å². The molecule has 2 aromatic rings. The Labute approximate surface area is 146 Å².